The molecular weight excluding hydrogens is 384 g/mol. The van der Waals surface area contributed by atoms with Gasteiger partial charge in [0.1, 0.15) is 0 Å². The van der Waals surface area contributed by atoms with Crippen molar-refractivity contribution in [2.45, 2.75) is 0 Å². The molecule has 2 heterocycles. The Morgan fingerprint density at radius 1 is 0.565 bits per heavy atom. The van der Waals surface area contributed by atoms with E-state index in [2.05, 4.69) is 29.9 Å². The minimum absolute atomic E-state index is 0.0767. The first kappa shape index (κ1) is 16.1. The van der Waals surface area contributed by atoms with Crippen LogP contribution in [0.25, 0.3) is 0 Å². The van der Waals surface area contributed by atoms with Crippen LogP contribution in [-0.2, 0) is 0 Å². The summed E-state index contributed by atoms with van der Waals surface area (Å²) in [5.41, 5.74) is 0.643. The second kappa shape index (κ2) is 6.76. The maximum Gasteiger partial charge on any atom is 0.242 e. The second-order valence-corrected chi connectivity index (χ2v) is 5.37. The molecule has 0 radical (unpaired) electrons. The van der Waals surface area contributed by atoms with Crippen LogP contribution in [0.15, 0.2) is 30.3 Å². The molecule has 0 aliphatic rings. The van der Waals surface area contributed by atoms with Gasteiger partial charge in [-0.25, -0.2) is 4.90 Å². The van der Waals surface area contributed by atoms with Gasteiger partial charge in [-0.15, -0.1) is 0 Å². The summed E-state index contributed by atoms with van der Waals surface area (Å²) in [6, 6.07) is 9.06. The Morgan fingerprint density at radius 3 is 1.35 bits per heavy atom. The number of hydrogen-bond donors (Lipinski definition) is 0. The SMILES string of the molecule is Clc1nc(Cl)nc(N(c2ccccc2)c2nc(Cl)nc(Cl)n2)n1. The van der Waals surface area contributed by atoms with E-state index in [-0.39, 0.29) is 33.0 Å². The molecule has 3 aromatic rings. The number of aromatic nitrogens is 6. The van der Waals surface area contributed by atoms with Crippen LogP contribution >= 0.6 is 46.4 Å². The molecule has 0 aliphatic carbocycles. The zero-order valence-electron chi connectivity index (χ0n) is 11.0. The van der Waals surface area contributed by atoms with Crippen LogP contribution in [0.1, 0.15) is 0 Å². The molecule has 11 heteroatoms. The van der Waals surface area contributed by atoms with E-state index in [1.54, 1.807) is 12.1 Å². The van der Waals surface area contributed by atoms with Crippen LogP contribution in [0, 0.1) is 0 Å². The van der Waals surface area contributed by atoms with E-state index < -0.39 is 0 Å². The van der Waals surface area contributed by atoms with Crippen LogP contribution in [0.5, 0.6) is 0 Å². The molecule has 3 rings (SSSR count). The molecule has 0 amide bonds. The standard InChI is InChI=1S/C12H5Cl4N7/c13-7-17-8(14)20-11(19-7)23(6-4-2-1-3-5-6)12-21-9(15)18-10(16)22-12/h1-5H. The van der Waals surface area contributed by atoms with Gasteiger partial charge in [-0.1, -0.05) is 18.2 Å². The summed E-state index contributed by atoms with van der Waals surface area (Å²) in [6.07, 6.45) is 0. The predicted octanol–water partition coefficient (Wildman–Crippen LogP) is 4.14. The largest absolute Gasteiger partial charge is 0.246 e. The van der Waals surface area contributed by atoms with Gasteiger partial charge >= 0.3 is 0 Å². The number of para-hydroxylation sites is 1. The van der Waals surface area contributed by atoms with E-state index in [0.717, 1.165) is 0 Å². The average Bonchev–Trinajstić information content (AvgIpc) is 2.46. The predicted molar refractivity (Wildman–Crippen MR) is 87.9 cm³/mol. The molecule has 0 atom stereocenters. The van der Waals surface area contributed by atoms with Crippen molar-refractivity contribution >= 4 is 64.0 Å². The van der Waals surface area contributed by atoms with E-state index in [9.17, 15) is 0 Å². The van der Waals surface area contributed by atoms with Gasteiger partial charge in [0.25, 0.3) is 0 Å². The Hall–Kier alpha value is -1.80. The Labute approximate surface area is 150 Å². The van der Waals surface area contributed by atoms with E-state index in [1.165, 1.54) is 4.90 Å². The summed E-state index contributed by atoms with van der Waals surface area (Å²) in [7, 11) is 0. The lowest BCUT2D eigenvalue weighted by Gasteiger charge is -2.20. The maximum atomic E-state index is 5.85. The van der Waals surface area contributed by atoms with E-state index in [4.69, 9.17) is 46.4 Å². The quantitative estimate of drug-likeness (QED) is 0.666. The third-order valence-electron chi connectivity index (χ3n) is 2.55. The Morgan fingerprint density at radius 2 is 0.957 bits per heavy atom. The van der Waals surface area contributed by atoms with Gasteiger partial charge in [0, 0.05) is 0 Å². The minimum Gasteiger partial charge on any atom is -0.246 e. The van der Waals surface area contributed by atoms with Gasteiger partial charge in [-0.3, -0.25) is 0 Å². The van der Waals surface area contributed by atoms with Crippen molar-refractivity contribution in [3.8, 4) is 0 Å². The van der Waals surface area contributed by atoms with Gasteiger partial charge in [-0.2, -0.15) is 29.9 Å². The number of nitrogens with zero attached hydrogens (tertiary/aromatic N) is 7. The first-order valence-corrected chi connectivity index (χ1v) is 7.53. The number of rotatable bonds is 3. The summed E-state index contributed by atoms with van der Waals surface area (Å²) in [6.45, 7) is 0. The van der Waals surface area contributed by atoms with Crippen molar-refractivity contribution in [2.75, 3.05) is 4.90 Å². The van der Waals surface area contributed by atoms with Gasteiger partial charge in [0.2, 0.25) is 33.0 Å². The molecule has 0 spiro atoms. The van der Waals surface area contributed by atoms with Crippen LogP contribution in [0.4, 0.5) is 17.6 Å². The number of anilines is 3. The Balaban J connectivity index is 2.22. The van der Waals surface area contributed by atoms with Gasteiger partial charge in [0.05, 0.1) is 5.69 Å². The van der Waals surface area contributed by atoms with Gasteiger partial charge < -0.3 is 0 Å². The molecule has 2 aromatic heterocycles. The Bertz CT molecular complexity index is 754. The van der Waals surface area contributed by atoms with E-state index >= 15 is 0 Å². The molecule has 116 valence electrons. The van der Waals surface area contributed by atoms with E-state index in [1.807, 2.05) is 18.2 Å². The summed E-state index contributed by atoms with van der Waals surface area (Å²) in [5.74, 6) is 0.221. The fourth-order valence-corrected chi connectivity index (χ4v) is 2.44. The first-order chi connectivity index (χ1) is 11.0. The van der Waals surface area contributed by atoms with Crippen LogP contribution in [0.2, 0.25) is 21.1 Å². The van der Waals surface area contributed by atoms with Crippen molar-refractivity contribution in [1.82, 2.24) is 29.9 Å². The monoisotopic (exact) mass is 387 g/mol. The molecule has 23 heavy (non-hydrogen) atoms. The lowest BCUT2D eigenvalue weighted by molar-refractivity contribution is 0.950. The molecule has 1 aromatic carbocycles. The highest BCUT2D eigenvalue weighted by molar-refractivity contribution is 6.31. The smallest absolute Gasteiger partial charge is 0.242 e. The highest BCUT2D eigenvalue weighted by Crippen LogP contribution is 2.31. The van der Waals surface area contributed by atoms with Crippen molar-refractivity contribution < 1.29 is 0 Å². The molecule has 0 fully saturated rings. The number of hydrogen-bond acceptors (Lipinski definition) is 7. The third kappa shape index (κ3) is 3.76. The topological polar surface area (TPSA) is 80.6 Å². The Kier molecular flexibility index (Phi) is 4.72. The average molecular weight is 389 g/mol. The lowest BCUT2D eigenvalue weighted by Crippen LogP contribution is -2.17. The maximum absolute atomic E-state index is 5.85. The first-order valence-electron chi connectivity index (χ1n) is 6.02. The summed E-state index contributed by atoms with van der Waals surface area (Å²) in [5, 5.41) is -0.307. The molecule has 0 aliphatic heterocycles. The van der Waals surface area contributed by atoms with Crippen molar-refractivity contribution in [1.29, 1.82) is 0 Å². The highest BCUT2D eigenvalue weighted by Gasteiger charge is 2.21. The molecule has 0 unspecified atom stereocenters. The third-order valence-corrected chi connectivity index (χ3v) is 3.23. The van der Waals surface area contributed by atoms with Gasteiger partial charge in [0.15, 0.2) is 0 Å². The zero-order valence-corrected chi connectivity index (χ0v) is 14.1. The van der Waals surface area contributed by atoms with Crippen LogP contribution in [-0.4, -0.2) is 29.9 Å². The van der Waals surface area contributed by atoms with E-state index in [0.29, 0.717) is 5.69 Å². The molecule has 0 saturated heterocycles. The lowest BCUT2D eigenvalue weighted by atomic mass is 10.3. The van der Waals surface area contributed by atoms with Crippen LogP contribution < -0.4 is 4.90 Å². The molecule has 0 N–H and O–H groups in total. The number of halogens is 4. The van der Waals surface area contributed by atoms with Gasteiger partial charge in [-0.05, 0) is 58.5 Å². The van der Waals surface area contributed by atoms with Crippen molar-refractivity contribution in [3.63, 3.8) is 0 Å². The second-order valence-electron chi connectivity index (χ2n) is 4.02. The normalized spacial score (nSPS) is 10.6. The number of benzene rings is 1. The zero-order chi connectivity index (χ0) is 16.4. The molecular formula is C12H5Cl4N7. The minimum atomic E-state index is -0.0767. The molecule has 0 bridgehead atoms. The fraction of sp³-hybridized carbons (Fsp3) is 0. The highest BCUT2D eigenvalue weighted by atomic mass is 35.5. The van der Waals surface area contributed by atoms with Crippen molar-refractivity contribution in [3.05, 3.63) is 51.5 Å². The van der Waals surface area contributed by atoms with Crippen molar-refractivity contribution in [2.24, 2.45) is 0 Å². The fourth-order valence-electron chi connectivity index (χ4n) is 1.73. The van der Waals surface area contributed by atoms with Crippen LogP contribution in [0.3, 0.4) is 0 Å². The molecule has 0 saturated carbocycles. The summed E-state index contributed by atoms with van der Waals surface area (Å²) >= 11 is 23.4. The summed E-state index contributed by atoms with van der Waals surface area (Å²) in [4.78, 5) is 25.1. The summed E-state index contributed by atoms with van der Waals surface area (Å²) < 4.78 is 0. The molecule has 7 nitrogen and oxygen atoms in total.